The first-order valence-corrected chi connectivity index (χ1v) is 8.76. The molecular weight excluding hydrogens is 423 g/mol. The quantitative estimate of drug-likeness (QED) is 0.635. The van der Waals surface area contributed by atoms with Gasteiger partial charge in [0.15, 0.2) is 0 Å². The molecule has 0 saturated carbocycles. The number of halogens is 5. The number of ether oxygens (including phenoxy) is 1. The molecule has 1 aliphatic rings. The summed E-state index contributed by atoms with van der Waals surface area (Å²) in [5.41, 5.74) is 3.48. The van der Waals surface area contributed by atoms with Crippen molar-refractivity contribution in [1.29, 1.82) is 5.26 Å². The van der Waals surface area contributed by atoms with E-state index in [4.69, 9.17) is 10.5 Å². The molecule has 3 heterocycles. The summed E-state index contributed by atoms with van der Waals surface area (Å²) in [5, 5.41) is 17.2. The van der Waals surface area contributed by atoms with Crippen LogP contribution in [0.1, 0.15) is 22.9 Å². The second-order valence-corrected chi connectivity index (χ2v) is 6.73. The molecule has 2 aromatic heterocycles. The first kappa shape index (κ1) is 20.4. The number of rotatable bonds is 3. The number of alkyl halides is 5. The van der Waals surface area contributed by atoms with Crippen LogP contribution < -0.4 is 10.5 Å². The minimum atomic E-state index is -5.94. The summed E-state index contributed by atoms with van der Waals surface area (Å²) < 4.78 is 76.7. The number of nitrogens with zero attached hydrogens (tertiary/aromatic N) is 5. The van der Waals surface area contributed by atoms with Crippen LogP contribution in [0.25, 0.3) is 5.69 Å². The van der Waals surface area contributed by atoms with Gasteiger partial charge in [0.2, 0.25) is 11.8 Å². The lowest BCUT2D eigenvalue weighted by atomic mass is 9.86. The number of para-hydroxylation sites is 1. The Morgan fingerprint density at radius 3 is 2.32 bits per heavy atom. The summed E-state index contributed by atoms with van der Waals surface area (Å²) in [4.78, 5) is 0. The summed E-state index contributed by atoms with van der Waals surface area (Å²) in [6, 6.07) is 10.7. The second kappa shape index (κ2) is 6.83. The van der Waals surface area contributed by atoms with Crippen molar-refractivity contribution in [3.63, 3.8) is 0 Å². The van der Waals surface area contributed by atoms with Crippen LogP contribution >= 0.6 is 0 Å². The molecule has 7 nitrogen and oxygen atoms in total. The minimum absolute atomic E-state index is 0.0402. The van der Waals surface area contributed by atoms with E-state index in [9.17, 15) is 27.2 Å². The normalized spacial score (nSPS) is 16.6. The molecule has 1 aromatic carbocycles. The molecule has 0 amide bonds. The molecule has 1 atom stereocenters. The molecule has 3 aromatic rings. The average Bonchev–Trinajstić information content (AvgIpc) is 3.30. The van der Waals surface area contributed by atoms with Crippen LogP contribution in [0.15, 0.2) is 54.1 Å². The average molecular weight is 436 g/mol. The zero-order valence-electron chi connectivity index (χ0n) is 15.7. The molecule has 2 N–H and O–H groups in total. The molecule has 0 radical (unpaired) electrons. The fourth-order valence-corrected chi connectivity index (χ4v) is 3.33. The Kier molecular flexibility index (Phi) is 4.49. The Morgan fingerprint density at radius 2 is 1.77 bits per heavy atom. The maximum atomic E-state index is 14.6. The Labute approximate surface area is 171 Å². The molecule has 0 unspecified atom stereocenters. The first-order chi connectivity index (χ1) is 14.6. The van der Waals surface area contributed by atoms with Gasteiger partial charge in [-0.3, -0.25) is 4.68 Å². The third kappa shape index (κ3) is 3.09. The Bertz CT molecular complexity index is 1220. The van der Waals surface area contributed by atoms with E-state index < -0.39 is 41.0 Å². The number of aromatic nitrogens is 4. The van der Waals surface area contributed by atoms with Gasteiger partial charge in [-0.25, -0.2) is 0 Å². The standard InChI is InChI=1S/C19H13F5N6O/c1-29-8-7-12(27-29)13-11(9-25)16(26)31-17-14(13)15(18(20,21)19(22,23)24)28-30(17)10-5-3-2-4-6-10/h2-8,13H,26H2,1H3/t13-/m0/s1. The Balaban J connectivity index is 2.08. The molecule has 0 saturated heterocycles. The van der Waals surface area contributed by atoms with Gasteiger partial charge in [-0.2, -0.15) is 42.1 Å². The largest absolute Gasteiger partial charge is 0.459 e. The predicted molar refractivity (Wildman–Crippen MR) is 96.0 cm³/mol. The SMILES string of the molecule is Cn1ccc([C@@H]2C(C#N)=C(N)Oc3c2c(C(F)(F)C(F)(F)F)nn3-c2ccccc2)n1. The molecule has 1 aliphatic heterocycles. The third-order valence-corrected chi connectivity index (χ3v) is 4.73. The van der Waals surface area contributed by atoms with E-state index in [0.717, 1.165) is 4.68 Å². The molecule has 0 fully saturated rings. The third-order valence-electron chi connectivity index (χ3n) is 4.73. The lowest BCUT2D eigenvalue weighted by Gasteiger charge is -2.25. The van der Waals surface area contributed by atoms with E-state index in [-0.39, 0.29) is 17.0 Å². The van der Waals surface area contributed by atoms with Gasteiger partial charge in [-0.15, -0.1) is 0 Å². The zero-order chi connectivity index (χ0) is 22.6. The molecule has 4 rings (SSSR count). The molecule has 31 heavy (non-hydrogen) atoms. The number of fused-ring (bicyclic) bond motifs is 1. The molecule has 0 spiro atoms. The van der Waals surface area contributed by atoms with Gasteiger partial charge in [0.05, 0.1) is 22.9 Å². The smallest absolute Gasteiger partial charge is 0.422 e. The molecule has 0 aliphatic carbocycles. The summed E-state index contributed by atoms with van der Waals surface area (Å²) in [5.74, 6) is -7.65. The van der Waals surface area contributed by atoms with E-state index in [2.05, 4.69) is 10.2 Å². The second-order valence-electron chi connectivity index (χ2n) is 6.73. The molecule has 0 bridgehead atoms. The zero-order valence-corrected chi connectivity index (χ0v) is 15.7. The monoisotopic (exact) mass is 436 g/mol. The highest BCUT2D eigenvalue weighted by Gasteiger charge is 2.63. The van der Waals surface area contributed by atoms with E-state index in [0.29, 0.717) is 0 Å². The van der Waals surface area contributed by atoms with Gasteiger partial charge in [0, 0.05) is 13.2 Å². The predicted octanol–water partition coefficient (Wildman–Crippen LogP) is 3.48. The van der Waals surface area contributed by atoms with Crippen LogP contribution in [0.3, 0.4) is 0 Å². The molecular formula is C19H13F5N6O. The molecule has 160 valence electrons. The lowest BCUT2D eigenvalue weighted by molar-refractivity contribution is -0.291. The Morgan fingerprint density at radius 1 is 1.10 bits per heavy atom. The van der Waals surface area contributed by atoms with Gasteiger partial charge in [-0.05, 0) is 18.2 Å². The van der Waals surface area contributed by atoms with Crippen molar-refractivity contribution < 1.29 is 26.7 Å². The molecule has 12 heteroatoms. The maximum Gasteiger partial charge on any atom is 0.459 e. The topological polar surface area (TPSA) is 94.7 Å². The summed E-state index contributed by atoms with van der Waals surface area (Å²) >= 11 is 0. The summed E-state index contributed by atoms with van der Waals surface area (Å²) in [7, 11) is 1.53. The lowest BCUT2D eigenvalue weighted by Crippen LogP contribution is -2.36. The van der Waals surface area contributed by atoms with Crippen LogP contribution in [-0.4, -0.2) is 25.7 Å². The van der Waals surface area contributed by atoms with Crippen LogP contribution in [0.2, 0.25) is 0 Å². The van der Waals surface area contributed by atoms with Crippen LogP contribution in [0.5, 0.6) is 5.88 Å². The minimum Gasteiger partial charge on any atom is -0.422 e. The number of benzene rings is 1. The van der Waals surface area contributed by atoms with Crippen LogP contribution in [0.4, 0.5) is 22.0 Å². The number of aryl methyl sites for hydroxylation is 1. The van der Waals surface area contributed by atoms with Gasteiger partial charge in [0.25, 0.3) is 0 Å². The highest BCUT2D eigenvalue weighted by Crippen LogP contribution is 2.52. The van der Waals surface area contributed by atoms with Crippen LogP contribution in [-0.2, 0) is 13.0 Å². The van der Waals surface area contributed by atoms with Crippen molar-refractivity contribution in [1.82, 2.24) is 19.6 Å². The maximum absolute atomic E-state index is 14.6. The number of nitrogens with two attached hydrogens (primary N) is 1. The number of allylic oxidation sites excluding steroid dienone is 1. The number of nitriles is 1. The van der Waals surface area contributed by atoms with E-state index >= 15 is 0 Å². The number of hydrogen-bond acceptors (Lipinski definition) is 5. The van der Waals surface area contributed by atoms with Crippen molar-refractivity contribution in [2.24, 2.45) is 12.8 Å². The van der Waals surface area contributed by atoms with Gasteiger partial charge in [0.1, 0.15) is 17.3 Å². The van der Waals surface area contributed by atoms with Crippen LogP contribution in [0, 0.1) is 11.3 Å². The Hall–Kier alpha value is -3.88. The highest BCUT2D eigenvalue weighted by molar-refractivity contribution is 5.57. The van der Waals surface area contributed by atoms with Crippen molar-refractivity contribution in [2.45, 2.75) is 18.0 Å². The van der Waals surface area contributed by atoms with Crippen molar-refractivity contribution in [2.75, 3.05) is 0 Å². The summed E-state index contributed by atoms with van der Waals surface area (Å²) in [6.07, 6.45) is -4.48. The first-order valence-electron chi connectivity index (χ1n) is 8.76. The van der Waals surface area contributed by atoms with Crippen molar-refractivity contribution in [3.8, 4) is 17.6 Å². The fourth-order valence-electron chi connectivity index (χ4n) is 3.33. The van der Waals surface area contributed by atoms with E-state index in [1.807, 2.05) is 0 Å². The fraction of sp³-hybridized carbons (Fsp3) is 0.211. The van der Waals surface area contributed by atoms with Gasteiger partial charge >= 0.3 is 12.1 Å². The van der Waals surface area contributed by atoms with Crippen molar-refractivity contribution in [3.05, 3.63) is 71.0 Å². The number of hydrogen-bond donors (Lipinski definition) is 1. The highest BCUT2D eigenvalue weighted by atomic mass is 19.4. The van der Waals surface area contributed by atoms with Gasteiger partial charge in [-0.1, -0.05) is 18.2 Å². The summed E-state index contributed by atoms with van der Waals surface area (Å²) in [6.45, 7) is 0. The van der Waals surface area contributed by atoms with E-state index in [1.54, 1.807) is 24.3 Å². The van der Waals surface area contributed by atoms with Gasteiger partial charge < -0.3 is 10.5 Å². The van der Waals surface area contributed by atoms with Crippen molar-refractivity contribution >= 4 is 0 Å². The van der Waals surface area contributed by atoms with E-state index in [1.165, 1.54) is 36.1 Å².